The van der Waals surface area contributed by atoms with E-state index in [4.69, 9.17) is 18.9 Å². The lowest BCUT2D eigenvalue weighted by Crippen LogP contribution is -2.49. The van der Waals surface area contributed by atoms with E-state index in [0.717, 1.165) is 48.9 Å². The van der Waals surface area contributed by atoms with Crippen molar-refractivity contribution in [3.63, 3.8) is 0 Å². The Kier molecular flexibility index (Phi) is 6.91. The first-order chi connectivity index (χ1) is 18.9. The molecular formula is C33H50O7. The third-order valence-electron chi connectivity index (χ3n) is 12.7. The maximum atomic E-state index is 12.7. The number of esters is 3. The lowest BCUT2D eigenvalue weighted by Gasteiger charge is -2.46. The van der Waals surface area contributed by atoms with Gasteiger partial charge in [-0.2, -0.15) is 0 Å². The van der Waals surface area contributed by atoms with Crippen LogP contribution >= 0.6 is 0 Å². The summed E-state index contributed by atoms with van der Waals surface area (Å²) in [7, 11) is 0. The number of ether oxygens (including phenoxy) is 4. The number of hydrogen-bond donors (Lipinski definition) is 0. The minimum absolute atomic E-state index is 0.0455. The van der Waals surface area contributed by atoms with Gasteiger partial charge in [0, 0.05) is 5.92 Å². The third-order valence-corrected chi connectivity index (χ3v) is 12.7. The molecule has 0 spiro atoms. The fourth-order valence-electron chi connectivity index (χ4n) is 9.57. The van der Waals surface area contributed by atoms with Gasteiger partial charge in [0.2, 0.25) is 0 Å². The number of hydrogen-bond acceptors (Lipinski definition) is 7. The molecule has 0 aromatic carbocycles. The average Bonchev–Trinajstić information content (AvgIpc) is 3.77. The van der Waals surface area contributed by atoms with Gasteiger partial charge in [-0.05, 0) is 115 Å². The van der Waals surface area contributed by atoms with Crippen molar-refractivity contribution in [1.29, 1.82) is 0 Å². The van der Waals surface area contributed by atoms with E-state index in [0.29, 0.717) is 18.8 Å². The van der Waals surface area contributed by atoms with Gasteiger partial charge in [-0.1, -0.05) is 20.8 Å². The molecule has 7 fully saturated rings. The molecule has 12 unspecified atom stereocenters. The second kappa shape index (κ2) is 9.70. The van der Waals surface area contributed by atoms with Crippen LogP contribution in [0.25, 0.3) is 0 Å². The molecule has 4 saturated carbocycles. The van der Waals surface area contributed by atoms with Crippen LogP contribution in [0.5, 0.6) is 0 Å². The summed E-state index contributed by atoms with van der Waals surface area (Å²) >= 11 is 0. The molecule has 40 heavy (non-hydrogen) atoms. The lowest BCUT2D eigenvalue weighted by atomic mass is 9.65. The van der Waals surface area contributed by atoms with Crippen LogP contribution in [0.1, 0.15) is 106 Å². The molecule has 224 valence electrons. The molecule has 7 aliphatic rings. The number of fused-ring (bicyclic) bond motifs is 10. The Morgan fingerprint density at radius 1 is 0.875 bits per heavy atom. The van der Waals surface area contributed by atoms with Gasteiger partial charge in [0.1, 0.15) is 11.7 Å². The van der Waals surface area contributed by atoms with Crippen LogP contribution in [0, 0.1) is 52.3 Å². The van der Waals surface area contributed by atoms with Gasteiger partial charge in [-0.25, -0.2) is 0 Å². The maximum Gasteiger partial charge on any atom is 0.312 e. The average molecular weight is 559 g/mol. The molecule has 0 N–H and O–H groups in total. The standard InChI is InChI=1S/C20H32O2.C13H18O5/c1-5-19(3,4)18(21)22-20(6-2)11-14-10-15(20)17-13-8-7-12(9-13)16(14)17;1-4-13(2,3)12(15)18-9-7-5-6-8(16-7)10(9)17-11(6)14/h12-17H,5-11H2,1-4H3;6-10H,4-5H2,1-3H3. The van der Waals surface area contributed by atoms with Gasteiger partial charge >= 0.3 is 17.9 Å². The monoisotopic (exact) mass is 558 g/mol. The smallest absolute Gasteiger partial charge is 0.312 e. The normalized spacial score (nSPS) is 45.3. The van der Waals surface area contributed by atoms with Crippen molar-refractivity contribution in [3.8, 4) is 0 Å². The van der Waals surface area contributed by atoms with Crippen molar-refractivity contribution in [2.75, 3.05) is 0 Å². The van der Waals surface area contributed by atoms with E-state index in [-0.39, 0.29) is 47.0 Å². The molecule has 6 bridgehead atoms. The van der Waals surface area contributed by atoms with Crippen LogP contribution in [0.3, 0.4) is 0 Å². The minimum Gasteiger partial charge on any atom is -0.458 e. The second-order valence-corrected chi connectivity index (χ2v) is 15.3. The summed E-state index contributed by atoms with van der Waals surface area (Å²) in [4.78, 5) is 36.3. The quantitative estimate of drug-likeness (QED) is 0.220. The fourth-order valence-corrected chi connectivity index (χ4v) is 9.57. The van der Waals surface area contributed by atoms with Crippen molar-refractivity contribution in [2.24, 2.45) is 52.3 Å². The summed E-state index contributed by atoms with van der Waals surface area (Å²) in [5.74, 6) is 4.81. The van der Waals surface area contributed by atoms with Gasteiger partial charge in [0.25, 0.3) is 0 Å². The summed E-state index contributed by atoms with van der Waals surface area (Å²) in [6.07, 6.45) is 8.92. The molecule has 7 heteroatoms. The number of rotatable bonds is 7. The SMILES string of the molecule is CCC(C)(C)C(=O)OC1(CC)CC2CC1C1C3CCC(C3)C21.CCC(C)(C)C(=O)OC1C2CC3C(=O)OC1C3O2. The zero-order valence-corrected chi connectivity index (χ0v) is 25.6. The van der Waals surface area contributed by atoms with Gasteiger partial charge in [0.15, 0.2) is 12.2 Å². The van der Waals surface area contributed by atoms with Crippen LogP contribution in [-0.2, 0) is 33.3 Å². The van der Waals surface area contributed by atoms with E-state index in [9.17, 15) is 14.4 Å². The van der Waals surface area contributed by atoms with Crippen molar-refractivity contribution in [3.05, 3.63) is 0 Å². The Bertz CT molecular complexity index is 1050. The van der Waals surface area contributed by atoms with Crippen LogP contribution in [-0.4, -0.2) is 47.9 Å². The first-order valence-electron chi connectivity index (χ1n) is 16.2. The summed E-state index contributed by atoms with van der Waals surface area (Å²) < 4.78 is 22.8. The predicted octanol–water partition coefficient (Wildman–Crippen LogP) is 5.86. The maximum absolute atomic E-state index is 12.7. The van der Waals surface area contributed by atoms with E-state index in [1.165, 1.54) is 25.7 Å². The molecule has 3 heterocycles. The summed E-state index contributed by atoms with van der Waals surface area (Å²) in [6.45, 7) is 14.1. The summed E-state index contributed by atoms with van der Waals surface area (Å²) in [5, 5.41) is 0. The zero-order valence-electron chi connectivity index (χ0n) is 25.6. The molecule has 0 aromatic heterocycles. The van der Waals surface area contributed by atoms with Crippen molar-refractivity contribution >= 4 is 17.9 Å². The van der Waals surface area contributed by atoms with Gasteiger partial charge in [0.05, 0.1) is 22.9 Å². The van der Waals surface area contributed by atoms with Crippen molar-refractivity contribution in [2.45, 2.75) is 136 Å². The molecule has 3 saturated heterocycles. The van der Waals surface area contributed by atoms with Gasteiger partial charge in [-0.3, -0.25) is 14.4 Å². The lowest BCUT2D eigenvalue weighted by molar-refractivity contribution is -0.183. The predicted molar refractivity (Wildman–Crippen MR) is 148 cm³/mol. The van der Waals surface area contributed by atoms with Crippen LogP contribution in [0.2, 0.25) is 0 Å². The topological polar surface area (TPSA) is 88.1 Å². The van der Waals surface area contributed by atoms with Gasteiger partial charge in [-0.15, -0.1) is 0 Å². The van der Waals surface area contributed by atoms with Crippen LogP contribution in [0.4, 0.5) is 0 Å². The highest BCUT2D eigenvalue weighted by Crippen LogP contribution is 2.71. The number of carbonyl (C=O) groups excluding carboxylic acids is 3. The second-order valence-electron chi connectivity index (χ2n) is 15.3. The Labute approximate surface area is 239 Å². The summed E-state index contributed by atoms with van der Waals surface area (Å²) in [6, 6.07) is 0. The summed E-state index contributed by atoms with van der Waals surface area (Å²) in [5.41, 5.74) is -0.970. The Hall–Kier alpha value is -1.63. The fraction of sp³-hybridized carbons (Fsp3) is 0.909. The number of carbonyl (C=O) groups is 3. The molecule has 0 amide bonds. The van der Waals surface area contributed by atoms with Crippen molar-refractivity contribution < 1.29 is 33.3 Å². The molecule has 0 radical (unpaired) electrons. The minimum atomic E-state index is -0.510. The highest BCUT2D eigenvalue weighted by atomic mass is 16.7. The van der Waals surface area contributed by atoms with Gasteiger partial charge < -0.3 is 18.9 Å². The molecule has 7 nitrogen and oxygen atoms in total. The van der Waals surface area contributed by atoms with Crippen molar-refractivity contribution in [1.82, 2.24) is 0 Å². The molecular weight excluding hydrogens is 508 g/mol. The zero-order chi connectivity index (χ0) is 28.8. The Morgan fingerprint density at radius 3 is 2.17 bits per heavy atom. The largest absolute Gasteiger partial charge is 0.458 e. The third kappa shape index (κ3) is 4.18. The highest BCUT2D eigenvalue weighted by molar-refractivity contribution is 5.79. The molecule has 0 aromatic rings. The van der Waals surface area contributed by atoms with E-state index in [1.807, 2.05) is 34.6 Å². The molecule has 3 aliphatic heterocycles. The van der Waals surface area contributed by atoms with E-state index < -0.39 is 17.6 Å². The molecule has 12 atom stereocenters. The van der Waals surface area contributed by atoms with Crippen LogP contribution in [0.15, 0.2) is 0 Å². The van der Waals surface area contributed by atoms with E-state index >= 15 is 0 Å². The van der Waals surface area contributed by atoms with E-state index in [1.54, 1.807) is 0 Å². The molecule has 4 aliphatic carbocycles. The Morgan fingerprint density at radius 2 is 1.52 bits per heavy atom. The highest BCUT2D eigenvalue weighted by Gasteiger charge is 2.68. The first kappa shape index (κ1) is 28.5. The molecule has 7 rings (SSSR count). The first-order valence-corrected chi connectivity index (χ1v) is 16.2. The Balaban J connectivity index is 0.000000148. The van der Waals surface area contributed by atoms with E-state index in [2.05, 4.69) is 13.8 Å². The van der Waals surface area contributed by atoms with Crippen LogP contribution < -0.4 is 0 Å².